The molecule has 1 atom stereocenters. The van der Waals surface area contributed by atoms with Gasteiger partial charge in [0, 0.05) is 11.4 Å². The van der Waals surface area contributed by atoms with Crippen molar-refractivity contribution in [2.75, 3.05) is 0 Å². The van der Waals surface area contributed by atoms with Crippen LogP contribution in [-0.4, -0.2) is 26.2 Å². The van der Waals surface area contributed by atoms with E-state index in [2.05, 4.69) is 10.3 Å². The molecular formula is C11H12ClN3O. The predicted octanol–water partition coefficient (Wildman–Crippen LogP) is 1.84. The molecule has 1 aromatic heterocycles. The molecule has 2 rings (SSSR count). The van der Waals surface area contributed by atoms with Crippen LogP contribution in [0.3, 0.4) is 0 Å². The molecule has 0 radical (unpaired) electrons. The van der Waals surface area contributed by atoms with Gasteiger partial charge in [0.15, 0.2) is 0 Å². The van der Waals surface area contributed by atoms with Gasteiger partial charge in [0.05, 0.1) is 23.7 Å². The summed E-state index contributed by atoms with van der Waals surface area (Å²) in [6, 6.07) is 7.36. The van der Waals surface area contributed by atoms with Crippen molar-refractivity contribution < 1.29 is 5.11 Å². The van der Waals surface area contributed by atoms with E-state index in [0.717, 1.165) is 11.4 Å². The average molecular weight is 238 g/mol. The summed E-state index contributed by atoms with van der Waals surface area (Å²) in [5.41, 5.74) is 1.71. The summed E-state index contributed by atoms with van der Waals surface area (Å²) in [4.78, 5) is 0. The number of halogens is 1. The highest BCUT2D eigenvalue weighted by molar-refractivity contribution is 6.30. The van der Waals surface area contributed by atoms with Gasteiger partial charge in [-0.15, -0.1) is 5.10 Å². The van der Waals surface area contributed by atoms with Gasteiger partial charge in [-0.3, -0.25) is 0 Å². The summed E-state index contributed by atoms with van der Waals surface area (Å²) in [7, 11) is 0. The summed E-state index contributed by atoms with van der Waals surface area (Å²) >= 11 is 5.91. The standard InChI is InChI=1S/C11H12ClN3O/c1-8(16)5-11-7-13-14-15(11)10-4-2-3-9(12)6-10/h2-4,6-8,16H,5H2,1H3. The van der Waals surface area contributed by atoms with Gasteiger partial charge < -0.3 is 5.11 Å². The van der Waals surface area contributed by atoms with E-state index in [1.54, 1.807) is 23.9 Å². The fourth-order valence-corrected chi connectivity index (χ4v) is 1.71. The Bertz CT molecular complexity index is 482. The normalized spacial score (nSPS) is 12.7. The van der Waals surface area contributed by atoms with Crippen LogP contribution in [-0.2, 0) is 6.42 Å². The van der Waals surface area contributed by atoms with Crippen molar-refractivity contribution >= 4 is 11.6 Å². The number of aromatic nitrogens is 3. The fourth-order valence-electron chi connectivity index (χ4n) is 1.52. The van der Waals surface area contributed by atoms with Gasteiger partial charge in [-0.25, -0.2) is 4.68 Å². The highest BCUT2D eigenvalue weighted by Crippen LogP contribution is 2.15. The summed E-state index contributed by atoms with van der Waals surface area (Å²) in [6.45, 7) is 1.73. The lowest BCUT2D eigenvalue weighted by Gasteiger charge is -2.07. The van der Waals surface area contributed by atoms with Gasteiger partial charge in [-0.05, 0) is 25.1 Å². The van der Waals surface area contributed by atoms with Crippen molar-refractivity contribution in [1.29, 1.82) is 0 Å². The molecule has 1 unspecified atom stereocenters. The Labute approximate surface area is 98.5 Å². The number of aliphatic hydroxyl groups excluding tert-OH is 1. The molecule has 0 spiro atoms. The summed E-state index contributed by atoms with van der Waals surface area (Å²) in [5.74, 6) is 0. The molecule has 0 aliphatic heterocycles. The topological polar surface area (TPSA) is 50.9 Å². The van der Waals surface area contributed by atoms with Crippen molar-refractivity contribution in [1.82, 2.24) is 15.0 Å². The maximum atomic E-state index is 9.36. The Hall–Kier alpha value is -1.39. The molecule has 0 aliphatic carbocycles. The zero-order valence-electron chi connectivity index (χ0n) is 8.84. The number of hydrogen-bond acceptors (Lipinski definition) is 3. The summed E-state index contributed by atoms with van der Waals surface area (Å²) < 4.78 is 1.68. The third-order valence-corrected chi connectivity index (χ3v) is 2.41. The lowest BCUT2D eigenvalue weighted by molar-refractivity contribution is 0.193. The Kier molecular flexibility index (Phi) is 3.22. The van der Waals surface area contributed by atoms with E-state index in [-0.39, 0.29) is 0 Å². The van der Waals surface area contributed by atoms with Crippen LogP contribution in [0, 0.1) is 0 Å². The molecule has 2 aromatic rings. The van der Waals surface area contributed by atoms with Gasteiger partial charge in [-0.2, -0.15) is 0 Å². The number of nitrogens with zero attached hydrogens (tertiary/aromatic N) is 3. The molecule has 1 heterocycles. The molecule has 0 amide bonds. The van der Waals surface area contributed by atoms with Gasteiger partial charge in [-0.1, -0.05) is 22.9 Å². The smallest absolute Gasteiger partial charge is 0.0730 e. The van der Waals surface area contributed by atoms with Gasteiger partial charge in [0.2, 0.25) is 0 Å². The first kappa shape index (κ1) is 11.1. The van der Waals surface area contributed by atoms with Crippen LogP contribution >= 0.6 is 11.6 Å². The largest absolute Gasteiger partial charge is 0.393 e. The minimum absolute atomic E-state index is 0.420. The SMILES string of the molecule is CC(O)Cc1cnnn1-c1cccc(Cl)c1. The fraction of sp³-hybridized carbons (Fsp3) is 0.273. The van der Waals surface area contributed by atoms with E-state index in [4.69, 9.17) is 11.6 Å². The van der Waals surface area contributed by atoms with Crippen molar-refractivity contribution in [3.63, 3.8) is 0 Å². The van der Waals surface area contributed by atoms with Crippen LogP contribution in [0.15, 0.2) is 30.5 Å². The quantitative estimate of drug-likeness (QED) is 0.886. The second-order valence-corrected chi connectivity index (χ2v) is 4.11. The molecular weight excluding hydrogens is 226 g/mol. The van der Waals surface area contributed by atoms with E-state index in [0.29, 0.717) is 11.4 Å². The number of aliphatic hydroxyl groups is 1. The van der Waals surface area contributed by atoms with E-state index < -0.39 is 6.10 Å². The van der Waals surface area contributed by atoms with Crippen LogP contribution in [0.25, 0.3) is 5.69 Å². The lowest BCUT2D eigenvalue weighted by Crippen LogP contribution is -2.10. The molecule has 5 heteroatoms. The van der Waals surface area contributed by atoms with Crippen LogP contribution in [0.4, 0.5) is 0 Å². The minimum Gasteiger partial charge on any atom is -0.393 e. The second-order valence-electron chi connectivity index (χ2n) is 3.67. The summed E-state index contributed by atoms with van der Waals surface area (Å²) in [5, 5.41) is 17.8. The minimum atomic E-state index is -0.420. The van der Waals surface area contributed by atoms with Crippen LogP contribution in [0.5, 0.6) is 0 Å². The highest BCUT2D eigenvalue weighted by atomic mass is 35.5. The molecule has 0 fully saturated rings. The molecule has 0 bridgehead atoms. The van der Waals surface area contributed by atoms with Gasteiger partial charge in [0.25, 0.3) is 0 Å². The average Bonchev–Trinajstić information content (AvgIpc) is 2.65. The maximum Gasteiger partial charge on any atom is 0.0730 e. The zero-order chi connectivity index (χ0) is 11.5. The van der Waals surface area contributed by atoms with E-state index in [1.807, 2.05) is 18.2 Å². The molecule has 1 N–H and O–H groups in total. The van der Waals surface area contributed by atoms with Crippen LogP contribution in [0.2, 0.25) is 5.02 Å². The van der Waals surface area contributed by atoms with E-state index in [9.17, 15) is 5.11 Å². The number of rotatable bonds is 3. The first-order chi connectivity index (χ1) is 7.66. The lowest BCUT2D eigenvalue weighted by atomic mass is 10.2. The maximum absolute atomic E-state index is 9.36. The molecule has 4 nitrogen and oxygen atoms in total. The van der Waals surface area contributed by atoms with Crippen molar-refractivity contribution in [2.24, 2.45) is 0 Å². The van der Waals surface area contributed by atoms with E-state index in [1.165, 1.54) is 0 Å². The van der Waals surface area contributed by atoms with Crippen LogP contribution in [0.1, 0.15) is 12.6 Å². The van der Waals surface area contributed by atoms with Crippen molar-refractivity contribution in [3.8, 4) is 5.69 Å². The molecule has 16 heavy (non-hydrogen) atoms. The Morgan fingerprint density at radius 3 is 3.00 bits per heavy atom. The summed E-state index contributed by atoms with van der Waals surface area (Å²) in [6.07, 6.45) is 1.74. The monoisotopic (exact) mass is 237 g/mol. The van der Waals surface area contributed by atoms with E-state index >= 15 is 0 Å². The van der Waals surface area contributed by atoms with Crippen molar-refractivity contribution in [3.05, 3.63) is 41.2 Å². The molecule has 1 aromatic carbocycles. The van der Waals surface area contributed by atoms with Crippen molar-refractivity contribution in [2.45, 2.75) is 19.4 Å². The Balaban J connectivity index is 2.37. The predicted molar refractivity (Wildman–Crippen MR) is 61.8 cm³/mol. The Morgan fingerprint density at radius 1 is 1.50 bits per heavy atom. The first-order valence-corrected chi connectivity index (χ1v) is 5.38. The molecule has 0 saturated carbocycles. The Morgan fingerprint density at radius 2 is 2.31 bits per heavy atom. The van der Waals surface area contributed by atoms with Crippen LogP contribution < -0.4 is 0 Å². The molecule has 84 valence electrons. The number of benzene rings is 1. The zero-order valence-corrected chi connectivity index (χ0v) is 9.59. The van der Waals surface area contributed by atoms with Gasteiger partial charge in [0.1, 0.15) is 0 Å². The first-order valence-electron chi connectivity index (χ1n) is 5.00. The third kappa shape index (κ3) is 2.40. The molecule has 0 saturated heterocycles. The number of hydrogen-bond donors (Lipinski definition) is 1. The second kappa shape index (κ2) is 4.63. The highest BCUT2D eigenvalue weighted by Gasteiger charge is 2.08. The molecule has 0 aliphatic rings. The third-order valence-electron chi connectivity index (χ3n) is 2.18. The van der Waals surface area contributed by atoms with Gasteiger partial charge >= 0.3 is 0 Å².